The highest BCUT2D eigenvalue weighted by Gasteiger charge is 2.18. The molecule has 4 heteroatoms. The lowest BCUT2D eigenvalue weighted by atomic mass is 10.1. The molecule has 1 aliphatic rings. The summed E-state index contributed by atoms with van der Waals surface area (Å²) in [5.41, 5.74) is 3.08. The summed E-state index contributed by atoms with van der Waals surface area (Å²) >= 11 is 6.40. The maximum absolute atomic E-state index is 12.9. The van der Waals surface area contributed by atoms with Crippen molar-refractivity contribution in [3.05, 3.63) is 46.5 Å². The topological polar surface area (TPSA) is 17.8 Å². The maximum Gasteiger partial charge on any atom is 0.136 e. The third-order valence-corrected chi connectivity index (χ3v) is 3.80. The standard InChI is InChI=1S/C14H14ClFN2/c15-14-12-4-2-1-3-5-13(12)17-18(14)11-8-6-10(16)7-9-11/h6-9H,1-5H2. The second-order valence-corrected chi connectivity index (χ2v) is 5.02. The van der Waals surface area contributed by atoms with Crippen molar-refractivity contribution >= 4 is 11.6 Å². The summed E-state index contributed by atoms with van der Waals surface area (Å²) in [6, 6.07) is 6.26. The Balaban J connectivity index is 2.05. The summed E-state index contributed by atoms with van der Waals surface area (Å²) in [6.07, 6.45) is 5.56. The SMILES string of the molecule is Fc1ccc(-n2nc3c(c2Cl)CCCCC3)cc1. The van der Waals surface area contributed by atoms with Gasteiger partial charge in [0, 0.05) is 5.56 Å². The first-order valence-corrected chi connectivity index (χ1v) is 6.66. The summed E-state index contributed by atoms with van der Waals surface area (Å²) < 4.78 is 14.6. The predicted octanol–water partition coefficient (Wildman–Crippen LogP) is 3.93. The van der Waals surface area contributed by atoms with Crippen molar-refractivity contribution in [2.24, 2.45) is 0 Å². The molecule has 3 rings (SSSR count). The fourth-order valence-corrected chi connectivity index (χ4v) is 2.78. The van der Waals surface area contributed by atoms with E-state index in [4.69, 9.17) is 11.6 Å². The Morgan fingerprint density at radius 2 is 1.78 bits per heavy atom. The normalized spacial score (nSPS) is 15.2. The van der Waals surface area contributed by atoms with Gasteiger partial charge in [-0.25, -0.2) is 9.07 Å². The first-order valence-electron chi connectivity index (χ1n) is 6.28. The summed E-state index contributed by atoms with van der Waals surface area (Å²) in [4.78, 5) is 0. The Morgan fingerprint density at radius 3 is 2.56 bits per heavy atom. The van der Waals surface area contributed by atoms with Crippen LogP contribution >= 0.6 is 11.6 Å². The number of aryl methyl sites for hydroxylation is 1. The van der Waals surface area contributed by atoms with Crippen LogP contribution in [0.4, 0.5) is 4.39 Å². The van der Waals surface area contributed by atoms with Crippen molar-refractivity contribution in [3.63, 3.8) is 0 Å². The van der Waals surface area contributed by atoms with E-state index in [9.17, 15) is 4.39 Å². The van der Waals surface area contributed by atoms with Crippen molar-refractivity contribution in [2.45, 2.75) is 32.1 Å². The van der Waals surface area contributed by atoms with Crippen molar-refractivity contribution in [3.8, 4) is 5.69 Å². The quantitative estimate of drug-likeness (QED) is 0.714. The number of fused-ring (bicyclic) bond motifs is 1. The average Bonchev–Trinajstić information content (AvgIpc) is 2.57. The Kier molecular flexibility index (Phi) is 3.08. The van der Waals surface area contributed by atoms with Crippen LogP contribution in [0.5, 0.6) is 0 Å². The fraction of sp³-hybridized carbons (Fsp3) is 0.357. The van der Waals surface area contributed by atoms with E-state index < -0.39 is 0 Å². The van der Waals surface area contributed by atoms with Crippen LogP contribution in [0.2, 0.25) is 5.15 Å². The number of hydrogen-bond acceptors (Lipinski definition) is 1. The fourth-order valence-electron chi connectivity index (χ4n) is 2.44. The number of benzene rings is 1. The molecule has 2 nitrogen and oxygen atoms in total. The zero-order valence-electron chi connectivity index (χ0n) is 10.00. The number of nitrogens with zero attached hydrogens (tertiary/aromatic N) is 2. The Morgan fingerprint density at radius 1 is 1.06 bits per heavy atom. The van der Waals surface area contributed by atoms with Gasteiger partial charge in [0.1, 0.15) is 11.0 Å². The van der Waals surface area contributed by atoms with E-state index in [0.717, 1.165) is 24.2 Å². The van der Waals surface area contributed by atoms with Gasteiger partial charge in [0.05, 0.1) is 11.4 Å². The van der Waals surface area contributed by atoms with Crippen LogP contribution in [0, 0.1) is 5.82 Å². The van der Waals surface area contributed by atoms with Gasteiger partial charge in [-0.1, -0.05) is 18.0 Å². The van der Waals surface area contributed by atoms with Crippen molar-refractivity contribution in [1.29, 1.82) is 0 Å². The molecular formula is C14H14ClFN2. The molecule has 0 fully saturated rings. The van der Waals surface area contributed by atoms with E-state index >= 15 is 0 Å². The lowest BCUT2D eigenvalue weighted by Crippen LogP contribution is -1.98. The molecule has 1 aromatic heterocycles. The molecule has 18 heavy (non-hydrogen) atoms. The van der Waals surface area contributed by atoms with E-state index in [1.807, 2.05) is 0 Å². The van der Waals surface area contributed by atoms with Crippen LogP contribution in [0.3, 0.4) is 0 Å². The minimum atomic E-state index is -0.247. The highest BCUT2D eigenvalue weighted by atomic mass is 35.5. The maximum atomic E-state index is 12.9. The molecule has 0 saturated heterocycles. The van der Waals surface area contributed by atoms with Gasteiger partial charge in [-0.2, -0.15) is 5.10 Å². The van der Waals surface area contributed by atoms with Crippen LogP contribution in [0.25, 0.3) is 5.69 Å². The van der Waals surface area contributed by atoms with Gasteiger partial charge in [0.2, 0.25) is 0 Å². The number of hydrogen-bond donors (Lipinski definition) is 0. The summed E-state index contributed by atoms with van der Waals surface area (Å²) in [6.45, 7) is 0. The van der Waals surface area contributed by atoms with E-state index in [0.29, 0.717) is 5.15 Å². The van der Waals surface area contributed by atoms with Gasteiger partial charge in [0.15, 0.2) is 0 Å². The van der Waals surface area contributed by atoms with Gasteiger partial charge in [-0.15, -0.1) is 0 Å². The molecule has 0 bridgehead atoms. The van der Waals surface area contributed by atoms with Crippen molar-refractivity contribution in [2.75, 3.05) is 0 Å². The molecule has 0 unspecified atom stereocenters. The third-order valence-electron chi connectivity index (χ3n) is 3.42. The van der Waals surface area contributed by atoms with E-state index in [1.165, 1.54) is 37.0 Å². The molecule has 94 valence electrons. The van der Waals surface area contributed by atoms with Gasteiger partial charge in [0.25, 0.3) is 0 Å². The monoisotopic (exact) mass is 264 g/mol. The highest BCUT2D eigenvalue weighted by molar-refractivity contribution is 6.30. The molecule has 0 radical (unpaired) electrons. The second kappa shape index (κ2) is 4.73. The lowest BCUT2D eigenvalue weighted by molar-refractivity contribution is 0.627. The Labute approximate surface area is 110 Å². The molecule has 0 spiro atoms. The van der Waals surface area contributed by atoms with E-state index in [-0.39, 0.29) is 5.82 Å². The van der Waals surface area contributed by atoms with E-state index in [1.54, 1.807) is 16.8 Å². The van der Waals surface area contributed by atoms with Crippen LogP contribution in [-0.4, -0.2) is 9.78 Å². The zero-order valence-corrected chi connectivity index (χ0v) is 10.8. The number of rotatable bonds is 1. The predicted molar refractivity (Wildman–Crippen MR) is 69.8 cm³/mol. The Hall–Kier alpha value is -1.35. The largest absolute Gasteiger partial charge is 0.222 e. The molecule has 1 aliphatic carbocycles. The van der Waals surface area contributed by atoms with Gasteiger partial charge < -0.3 is 0 Å². The molecule has 1 heterocycles. The first kappa shape index (κ1) is 11.7. The van der Waals surface area contributed by atoms with Crippen LogP contribution in [0.1, 0.15) is 30.5 Å². The summed E-state index contributed by atoms with van der Waals surface area (Å²) in [7, 11) is 0. The van der Waals surface area contributed by atoms with Crippen molar-refractivity contribution in [1.82, 2.24) is 9.78 Å². The molecule has 0 aliphatic heterocycles. The molecule has 0 amide bonds. The number of halogens is 2. The second-order valence-electron chi connectivity index (χ2n) is 4.66. The third kappa shape index (κ3) is 2.03. The lowest BCUT2D eigenvalue weighted by Gasteiger charge is -2.03. The Bertz CT molecular complexity index is 560. The highest BCUT2D eigenvalue weighted by Crippen LogP contribution is 2.29. The first-order chi connectivity index (χ1) is 8.75. The van der Waals surface area contributed by atoms with Crippen LogP contribution < -0.4 is 0 Å². The van der Waals surface area contributed by atoms with E-state index in [2.05, 4.69) is 5.10 Å². The smallest absolute Gasteiger partial charge is 0.136 e. The minimum Gasteiger partial charge on any atom is -0.222 e. The molecule has 1 aromatic carbocycles. The van der Waals surface area contributed by atoms with Gasteiger partial charge in [-0.05, 0) is 49.9 Å². The van der Waals surface area contributed by atoms with Gasteiger partial charge in [-0.3, -0.25) is 0 Å². The molecular weight excluding hydrogens is 251 g/mol. The van der Waals surface area contributed by atoms with Crippen molar-refractivity contribution < 1.29 is 4.39 Å². The minimum absolute atomic E-state index is 0.247. The summed E-state index contributed by atoms with van der Waals surface area (Å²) in [5, 5.41) is 5.25. The zero-order chi connectivity index (χ0) is 12.5. The van der Waals surface area contributed by atoms with Crippen LogP contribution in [0.15, 0.2) is 24.3 Å². The molecule has 0 saturated carbocycles. The molecule has 0 N–H and O–H groups in total. The number of aromatic nitrogens is 2. The average molecular weight is 265 g/mol. The summed E-state index contributed by atoms with van der Waals surface area (Å²) in [5.74, 6) is -0.247. The van der Waals surface area contributed by atoms with Crippen LogP contribution in [-0.2, 0) is 12.8 Å². The molecule has 0 atom stereocenters. The van der Waals surface area contributed by atoms with Gasteiger partial charge >= 0.3 is 0 Å². The molecule has 2 aromatic rings.